The van der Waals surface area contributed by atoms with Crippen LogP contribution in [0.4, 0.5) is 0 Å². The molecule has 0 fully saturated rings. The van der Waals surface area contributed by atoms with Gasteiger partial charge in [-0.05, 0) is 0 Å². The second-order valence-electron chi connectivity index (χ2n) is 3.16. The Bertz CT molecular complexity index is 492. The van der Waals surface area contributed by atoms with Crippen LogP contribution in [0.3, 0.4) is 0 Å². The van der Waals surface area contributed by atoms with E-state index in [1.165, 1.54) is 11.5 Å². The fourth-order valence-corrected chi connectivity index (χ4v) is 1.88. The van der Waals surface area contributed by atoms with Crippen LogP contribution in [0.5, 0.6) is 10.9 Å². The number of nitrogens with zero attached hydrogens (tertiary/aromatic N) is 3. The monoisotopic (exact) mass is 271 g/mol. The van der Waals surface area contributed by atoms with E-state index in [1.807, 2.05) is 0 Å². The zero-order chi connectivity index (χ0) is 12.1. The Morgan fingerprint density at radius 1 is 1.41 bits per heavy atom. The summed E-state index contributed by atoms with van der Waals surface area (Å²) in [6, 6.07) is 1.67. The van der Waals surface area contributed by atoms with Crippen LogP contribution < -0.4 is 4.74 Å². The molecule has 0 amide bonds. The van der Waals surface area contributed by atoms with Gasteiger partial charge in [0.2, 0.25) is 0 Å². The van der Waals surface area contributed by atoms with Crippen LogP contribution in [0.1, 0.15) is 5.82 Å². The van der Waals surface area contributed by atoms with Crippen molar-refractivity contribution in [1.82, 2.24) is 14.3 Å². The molecule has 0 aliphatic carbocycles. The molecular formula is C10H10ClN3O2S. The van der Waals surface area contributed by atoms with Gasteiger partial charge in [0.1, 0.15) is 11.6 Å². The molecule has 0 aromatic carbocycles. The van der Waals surface area contributed by atoms with E-state index in [1.54, 1.807) is 25.6 Å². The number of rotatable bonds is 5. The van der Waals surface area contributed by atoms with Crippen LogP contribution in [0.15, 0.2) is 18.5 Å². The highest BCUT2D eigenvalue weighted by Gasteiger charge is 2.06. The highest BCUT2D eigenvalue weighted by Crippen LogP contribution is 2.24. The van der Waals surface area contributed by atoms with E-state index >= 15 is 0 Å². The van der Waals surface area contributed by atoms with Crippen molar-refractivity contribution in [1.29, 1.82) is 0 Å². The number of halogens is 1. The fraction of sp³-hybridized carbons (Fsp3) is 0.300. The minimum atomic E-state index is 0.472. The van der Waals surface area contributed by atoms with Crippen molar-refractivity contribution in [3.05, 3.63) is 29.3 Å². The molecule has 2 aromatic rings. The molecule has 0 N–H and O–H groups in total. The van der Waals surface area contributed by atoms with Crippen molar-refractivity contribution < 1.29 is 9.47 Å². The molecule has 0 unspecified atom stereocenters. The van der Waals surface area contributed by atoms with Crippen molar-refractivity contribution in [2.45, 2.75) is 6.42 Å². The van der Waals surface area contributed by atoms with Crippen LogP contribution in [0.25, 0.3) is 0 Å². The third-order valence-electron chi connectivity index (χ3n) is 1.86. The Morgan fingerprint density at radius 3 is 3.06 bits per heavy atom. The van der Waals surface area contributed by atoms with Gasteiger partial charge in [0, 0.05) is 37.3 Å². The lowest BCUT2D eigenvalue weighted by Crippen LogP contribution is -1.96. The first-order chi connectivity index (χ1) is 8.28. The molecule has 0 saturated heterocycles. The first kappa shape index (κ1) is 12.2. The van der Waals surface area contributed by atoms with E-state index < -0.39 is 0 Å². The summed E-state index contributed by atoms with van der Waals surface area (Å²) in [5.74, 6) is 1.26. The number of pyridine rings is 1. The Labute approximate surface area is 108 Å². The molecule has 5 nitrogen and oxygen atoms in total. The van der Waals surface area contributed by atoms with Crippen LogP contribution in [-0.2, 0) is 11.2 Å². The predicted molar refractivity (Wildman–Crippen MR) is 64.8 cm³/mol. The van der Waals surface area contributed by atoms with Crippen molar-refractivity contribution in [3.8, 4) is 10.9 Å². The van der Waals surface area contributed by atoms with Gasteiger partial charge in [0.25, 0.3) is 5.19 Å². The first-order valence-corrected chi connectivity index (χ1v) is 6.03. The summed E-state index contributed by atoms with van der Waals surface area (Å²) < 4.78 is 14.6. The largest absolute Gasteiger partial charge is 0.428 e. The first-order valence-electron chi connectivity index (χ1n) is 4.88. The van der Waals surface area contributed by atoms with Gasteiger partial charge >= 0.3 is 0 Å². The highest BCUT2D eigenvalue weighted by atomic mass is 35.5. The van der Waals surface area contributed by atoms with Gasteiger partial charge < -0.3 is 9.47 Å². The Balaban J connectivity index is 2.01. The smallest absolute Gasteiger partial charge is 0.298 e. The van der Waals surface area contributed by atoms with E-state index in [4.69, 9.17) is 21.1 Å². The molecule has 90 valence electrons. The van der Waals surface area contributed by atoms with E-state index in [2.05, 4.69) is 14.3 Å². The fourth-order valence-electron chi connectivity index (χ4n) is 1.12. The molecule has 0 aliphatic heterocycles. The second kappa shape index (κ2) is 5.90. The minimum Gasteiger partial charge on any atom is -0.428 e. The number of aromatic nitrogens is 3. The molecule has 0 atom stereocenters. The lowest BCUT2D eigenvalue weighted by Gasteiger charge is -1.99. The summed E-state index contributed by atoms with van der Waals surface area (Å²) in [7, 11) is 1.64. The van der Waals surface area contributed by atoms with Crippen LogP contribution in [0.2, 0.25) is 5.02 Å². The average molecular weight is 272 g/mol. The number of ether oxygens (including phenoxy) is 2. The number of hydrogen-bond donors (Lipinski definition) is 0. The summed E-state index contributed by atoms with van der Waals surface area (Å²) in [5.41, 5.74) is 0. The molecule has 2 heterocycles. The van der Waals surface area contributed by atoms with Gasteiger partial charge in [0.05, 0.1) is 17.8 Å². The maximum absolute atomic E-state index is 5.79. The molecule has 0 saturated carbocycles. The van der Waals surface area contributed by atoms with Crippen molar-refractivity contribution in [3.63, 3.8) is 0 Å². The van der Waals surface area contributed by atoms with E-state index in [9.17, 15) is 0 Å². The van der Waals surface area contributed by atoms with Crippen LogP contribution in [0, 0.1) is 0 Å². The third-order valence-corrected chi connectivity index (χ3v) is 2.70. The number of methoxy groups -OCH3 is 1. The molecular weight excluding hydrogens is 262 g/mol. The molecule has 0 bridgehead atoms. The van der Waals surface area contributed by atoms with Gasteiger partial charge in [-0.3, -0.25) is 4.98 Å². The minimum absolute atomic E-state index is 0.472. The normalized spacial score (nSPS) is 10.5. The summed E-state index contributed by atoms with van der Waals surface area (Å²) in [4.78, 5) is 8.12. The molecule has 0 radical (unpaired) electrons. The highest BCUT2D eigenvalue weighted by molar-refractivity contribution is 7.07. The van der Waals surface area contributed by atoms with Crippen LogP contribution >= 0.6 is 23.1 Å². The Kier molecular flexibility index (Phi) is 4.24. The standard InChI is InChI=1S/C10H10ClN3O2S/c1-15-3-2-9-13-10(17-14-9)16-8-4-7(11)5-12-6-8/h4-6H,2-3H2,1H3. The lowest BCUT2D eigenvalue weighted by atomic mass is 10.4. The number of hydrogen-bond acceptors (Lipinski definition) is 6. The van der Waals surface area contributed by atoms with Crippen molar-refractivity contribution in [2.24, 2.45) is 0 Å². The zero-order valence-electron chi connectivity index (χ0n) is 9.09. The Morgan fingerprint density at radius 2 is 2.29 bits per heavy atom. The quantitative estimate of drug-likeness (QED) is 0.836. The van der Waals surface area contributed by atoms with Crippen molar-refractivity contribution in [2.75, 3.05) is 13.7 Å². The SMILES string of the molecule is COCCc1nsc(Oc2cncc(Cl)c2)n1. The molecule has 0 aliphatic rings. The molecule has 2 aromatic heterocycles. The molecule has 7 heteroatoms. The zero-order valence-corrected chi connectivity index (χ0v) is 10.7. The average Bonchev–Trinajstić information content (AvgIpc) is 2.74. The maximum atomic E-state index is 5.79. The van der Waals surface area contributed by atoms with Gasteiger partial charge in [-0.25, -0.2) is 0 Å². The van der Waals surface area contributed by atoms with Crippen molar-refractivity contribution >= 4 is 23.1 Å². The van der Waals surface area contributed by atoms with Crippen LogP contribution in [-0.4, -0.2) is 28.1 Å². The second-order valence-corrected chi connectivity index (χ2v) is 4.31. The summed E-state index contributed by atoms with van der Waals surface area (Å²) in [6.07, 6.45) is 3.78. The summed E-state index contributed by atoms with van der Waals surface area (Å²) in [6.45, 7) is 0.592. The van der Waals surface area contributed by atoms with E-state index in [0.717, 1.165) is 0 Å². The summed E-state index contributed by atoms with van der Waals surface area (Å²) >= 11 is 6.98. The van der Waals surface area contributed by atoms with Gasteiger partial charge in [-0.2, -0.15) is 9.36 Å². The Hall–Kier alpha value is -1.24. The predicted octanol–water partition coefficient (Wildman–Crippen LogP) is 2.57. The van der Waals surface area contributed by atoms with Gasteiger partial charge in [0.15, 0.2) is 0 Å². The molecule has 2 rings (SSSR count). The molecule has 0 spiro atoms. The van der Waals surface area contributed by atoms with E-state index in [0.29, 0.717) is 34.8 Å². The lowest BCUT2D eigenvalue weighted by molar-refractivity contribution is 0.200. The third kappa shape index (κ3) is 3.62. The summed E-state index contributed by atoms with van der Waals surface area (Å²) in [5, 5.41) is 0.992. The van der Waals surface area contributed by atoms with Gasteiger partial charge in [-0.1, -0.05) is 11.6 Å². The maximum Gasteiger partial charge on any atom is 0.298 e. The van der Waals surface area contributed by atoms with E-state index in [-0.39, 0.29) is 0 Å². The topological polar surface area (TPSA) is 57.1 Å². The molecule has 17 heavy (non-hydrogen) atoms. The van der Waals surface area contributed by atoms with Gasteiger partial charge in [-0.15, -0.1) is 0 Å².